The molecule has 2 aliphatic rings. The topological polar surface area (TPSA) is 46.2 Å². The van der Waals surface area contributed by atoms with Crippen molar-refractivity contribution in [3.8, 4) is 0 Å². The SMILES string of the molecule is O=CNC1(C2CCCCC2)CCCC1=O. The summed E-state index contributed by atoms with van der Waals surface area (Å²) in [4.78, 5) is 22.7. The first kappa shape index (κ1) is 10.7. The number of amides is 1. The largest absolute Gasteiger partial charge is 0.346 e. The van der Waals surface area contributed by atoms with E-state index in [1.54, 1.807) is 0 Å². The van der Waals surface area contributed by atoms with Gasteiger partial charge in [0.1, 0.15) is 5.54 Å². The molecule has 0 aliphatic heterocycles. The molecule has 0 heterocycles. The number of Topliss-reactive ketones (excluding diaryl/α,β-unsaturated/α-hetero) is 1. The zero-order valence-corrected chi connectivity index (χ0v) is 9.13. The molecule has 0 radical (unpaired) electrons. The molecular formula is C12H19NO2. The molecule has 3 nitrogen and oxygen atoms in total. The van der Waals surface area contributed by atoms with Crippen LogP contribution < -0.4 is 5.32 Å². The van der Waals surface area contributed by atoms with Gasteiger partial charge in [0.2, 0.25) is 6.41 Å². The molecule has 2 fully saturated rings. The van der Waals surface area contributed by atoms with Gasteiger partial charge in [-0.25, -0.2) is 0 Å². The first-order valence-electron chi connectivity index (χ1n) is 6.04. The lowest BCUT2D eigenvalue weighted by Crippen LogP contribution is -2.54. The van der Waals surface area contributed by atoms with Crippen molar-refractivity contribution in [2.24, 2.45) is 5.92 Å². The van der Waals surface area contributed by atoms with Crippen LogP contribution in [0.2, 0.25) is 0 Å². The van der Waals surface area contributed by atoms with Crippen LogP contribution >= 0.6 is 0 Å². The van der Waals surface area contributed by atoms with Gasteiger partial charge in [-0.2, -0.15) is 0 Å². The molecule has 0 aromatic rings. The molecule has 3 heteroatoms. The van der Waals surface area contributed by atoms with E-state index in [1.165, 1.54) is 19.3 Å². The van der Waals surface area contributed by atoms with E-state index in [4.69, 9.17) is 0 Å². The van der Waals surface area contributed by atoms with Crippen LogP contribution in [-0.4, -0.2) is 17.7 Å². The molecule has 2 rings (SSSR count). The van der Waals surface area contributed by atoms with Gasteiger partial charge in [-0.05, 0) is 31.6 Å². The lowest BCUT2D eigenvalue weighted by Gasteiger charge is -2.38. The second kappa shape index (κ2) is 4.33. The monoisotopic (exact) mass is 209 g/mol. The fraction of sp³-hybridized carbons (Fsp3) is 0.833. The Morgan fingerprint density at radius 3 is 2.47 bits per heavy atom. The first-order chi connectivity index (χ1) is 7.29. The van der Waals surface area contributed by atoms with E-state index in [0.29, 0.717) is 12.3 Å². The molecule has 0 spiro atoms. The fourth-order valence-electron chi connectivity index (χ4n) is 3.29. The van der Waals surface area contributed by atoms with E-state index >= 15 is 0 Å². The highest BCUT2D eigenvalue weighted by Crippen LogP contribution is 2.40. The van der Waals surface area contributed by atoms with E-state index < -0.39 is 5.54 Å². The summed E-state index contributed by atoms with van der Waals surface area (Å²) >= 11 is 0. The van der Waals surface area contributed by atoms with Crippen LogP contribution in [0, 0.1) is 5.92 Å². The zero-order chi connectivity index (χ0) is 10.7. The predicted octanol–water partition coefficient (Wildman–Crippen LogP) is 1.80. The highest BCUT2D eigenvalue weighted by Gasteiger charge is 2.47. The molecule has 2 aliphatic carbocycles. The highest BCUT2D eigenvalue weighted by molar-refractivity contribution is 5.92. The summed E-state index contributed by atoms with van der Waals surface area (Å²) in [6, 6.07) is 0. The van der Waals surface area contributed by atoms with E-state index in [2.05, 4.69) is 5.32 Å². The van der Waals surface area contributed by atoms with Crippen molar-refractivity contribution in [1.29, 1.82) is 0 Å². The second-order valence-electron chi connectivity index (χ2n) is 4.85. The van der Waals surface area contributed by atoms with E-state index in [9.17, 15) is 9.59 Å². The summed E-state index contributed by atoms with van der Waals surface area (Å²) in [7, 11) is 0. The van der Waals surface area contributed by atoms with Gasteiger partial charge in [0, 0.05) is 6.42 Å². The van der Waals surface area contributed by atoms with Gasteiger partial charge in [0.05, 0.1) is 0 Å². The minimum Gasteiger partial charge on any atom is -0.346 e. The Morgan fingerprint density at radius 2 is 1.93 bits per heavy atom. The average Bonchev–Trinajstić information content (AvgIpc) is 2.63. The van der Waals surface area contributed by atoms with Crippen LogP contribution in [-0.2, 0) is 9.59 Å². The van der Waals surface area contributed by atoms with Crippen LogP contribution in [0.1, 0.15) is 51.4 Å². The minimum absolute atomic E-state index is 0.265. The van der Waals surface area contributed by atoms with Crippen molar-refractivity contribution in [3.63, 3.8) is 0 Å². The third-order valence-corrected chi connectivity index (χ3v) is 4.09. The number of hydrogen-bond acceptors (Lipinski definition) is 2. The Kier molecular flexibility index (Phi) is 3.08. The number of carbonyl (C=O) groups is 2. The summed E-state index contributed by atoms with van der Waals surface area (Å²) in [5.41, 5.74) is -0.484. The van der Waals surface area contributed by atoms with Gasteiger partial charge in [0.25, 0.3) is 0 Å². The number of hydrogen-bond donors (Lipinski definition) is 1. The van der Waals surface area contributed by atoms with E-state index in [1.807, 2.05) is 0 Å². The van der Waals surface area contributed by atoms with Crippen molar-refractivity contribution >= 4 is 12.2 Å². The van der Waals surface area contributed by atoms with Crippen LogP contribution in [0.25, 0.3) is 0 Å². The maximum absolute atomic E-state index is 12.0. The lowest BCUT2D eigenvalue weighted by molar-refractivity contribution is -0.128. The van der Waals surface area contributed by atoms with Gasteiger partial charge in [-0.1, -0.05) is 19.3 Å². The molecule has 0 aromatic carbocycles. The van der Waals surface area contributed by atoms with Crippen molar-refractivity contribution < 1.29 is 9.59 Å². The Balaban J connectivity index is 2.16. The Bertz CT molecular complexity index is 258. The smallest absolute Gasteiger partial charge is 0.207 e. The quantitative estimate of drug-likeness (QED) is 0.720. The Hall–Kier alpha value is -0.860. The van der Waals surface area contributed by atoms with Gasteiger partial charge in [0.15, 0.2) is 5.78 Å². The maximum Gasteiger partial charge on any atom is 0.207 e. The maximum atomic E-state index is 12.0. The van der Waals surface area contributed by atoms with Crippen molar-refractivity contribution in [1.82, 2.24) is 5.32 Å². The number of rotatable bonds is 3. The third kappa shape index (κ3) is 1.80. The number of nitrogens with one attached hydrogen (secondary N) is 1. The summed E-state index contributed by atoms with van der Waals surface area (Å²) in [6.07, 6.45) is 9.07. The normalized spacial score (nSPS) is 32.9. The van der Waals surface area contributed by atoms with Gasteiger partial charge in [-0.15, -0.1) is 0 Å². The van der Waals surface area contributed by atoms with Crippen molar-refractivity contribution in [2.75, 3.05) is 0 Å². The standard InChI is InChI=1S/C12H19NO2/c14-9-13-12(8-4-7-11(12)15)10-5-2-1-3-6-10/h9-10H,1-8H2,(H,13,14). The summed E-state index contributed by atoms with van der Waals surface area (Å²) in [5, 5.41) is 2.85. The molecule has 84 valence electrons. The fourth-order valence-corrected chi connectivity index (χ4v) is 3.29. The molecule has 0 saturated heterocycles. The molecule has 0 aromatic heterocycles. The van der Waals surface area contributed by atoms with E-state index in [0.717, 1.165) is 32.1 Å². The molecule has 1 amide bonds. The van der Waals surface area contributed by atoms with Gasteiger partial charge in [-0.3, -0.25) is 9.59 Å². The van der Waals surface area contributed by atoms with Crippen LogP contribution in [0.4, 0.5) is 0 Å². The summed E-state index contributed by atoms with van der Waals surface area (Å²) in [5.74, 6) is 0.660. The minimum atomic E-state index is -0.484. The van der Waals surface area contributed by atoms with Crippen LogP contribution in [0.3, 0.4) is 0 Å². The summed E-state index contributed by atoms with van der Waals surface area (Å²) in [6.45, 7) is 0. The Morgan fingerprint density at radius 1 is 1.20 bits per heavy atom. The molecular weight excluding hydrogens is 190 g/mol. The Labute approximate surface area is 90.6 Å². The highest BCUT2D eigenvalue weighted by atomic mass is 16.1. The van der Waals surface area contributed by atoms with Gasteiger partial charge >= 0.3 is 0 Å². The van der Waals surface area contributed by atoms with Crippen LogP contribution in [0.15, 0.2) is 0 Å². The molecule has 15 heavy (non-hydrogen) atoms. The molecule has 1 unspecified atom stereocenters. The van der Waals surface area contributed by atoms with Gasteiger partial charge < -0.3 is 5.32 Å². The number of ketones is 1. The summed E-state index contributed by atoms with van der Waals surface area (Å²) < 4.78 is 0. The third-order valence-electron chi connectivity index (χ3n) is 4.09. The average molecular weight is 209 g/mol. The molecule has 1 atom stereocenters. The first-order valence-corrected chi connectivity index (χ1v) is 6.04. The molecule has 0 bridgehead atoms. The molecule has 1 N–H and O–H groups in total. The van der Waals surface area contributed by atoms with Crippen molar-refractivity contribution in [2.45, 2.75) is 56.9 Å². The van der Waals surface area contributed by atoms with E-state index in [-0.39, 0.29) is 5.78 Å². The zero-order valence-electron chi connectivity index (χ0n) is 9.13. The number of carbonyl (C=O) groups excluding carboxylic acids is 2. The predicted molar refractivity (Wildman–Crippen MR) is 57.4 cm³/mol. The second-order valence-corrected chi connectivity index (χ2v) is 4.85. The van der Waals surface area contributed by atoms with Crippen molar-refractivity contribution in [3.05, 3.63) is 0 Å². The lowest BCUT2D eigenvalue weighted by atomic mass is 9.73. The molecule has 2 saturated carbocycles. The van der Waals surface area contributed by atoms with Crippen LogP contribution in [0.5, 0.6) is 0 Å².